The average Bonchev–Trinajstić information content (AvgIpc) is 2.77. The van der Waals surface area contributed by atoms with Gasteiger partial charge in [-0.25, -0.2) is 13.4 Å². The van der Waals surface area contributed by atoms with Crippen LogP contribution >= 0.6 is 11.3 Å². The van der Waals surface area contributed by atoms with E-state index in [1.54, 1.807) is 20.8 Å². The number of hydrogen-bond acceptors (Lipinski definition) is 5. The molecule has 0 amide bonds. The third kappa shape index (κ3) is 2.80. The minimum absolute atomic E-state index is 0.00663. The lowest BCUT2D eigenvalue weighted by Crippen LogP contribution is -2.47. The van der Waals surface area contributed by atoms with Crippen molar-refractivity contribution in [3.05, 3.63) is 10.7 Å². The first-order valence-corrected chi connectivity index (χ1v) is 9.12. The van der Waals surface area contributed by atoms with Gasteiger partial charge in [0.2, 0.25) is 0 Å². The molecular formula is C13H20N2O3S2. The lowest BCUT2D eigenvalue weighted by molar-refractivity contribution is -0.123. The van der Waals surface area contributed by atoms with Gasteiger partial charge in [0.05, 0.1) is 16.7 Å². The molecule has 0 saturated carbocycles. The van der Waals surface area contributed by atoms with Crippen molar-refractivity contribution in [3.63, 3.8) is 0 Å². The number of carbonyl (C=O) groups is 1. The Morgan fingerprint density at radius 3 is 2.65 bits per heavy atom. The van der Waals surface area contributed by atoms with Gasteiger partial charge in [-0.2, -0.15) is 4.31 Å². The maximum atomic E-state index is 12.8. The first-order valence-electron chi connectivity index (χ1n) is 6.86. The fourth-order valence-corrected chi connectivity index (χ4v) is 5.88. The molecule has 1 aromatic heterocycles. The van der Waals surface area contributed by atoms with Gasteiger partial charge in [-0.1, -0.05) is 13.3 Å². The maximum Gasteiger partial charge on any atom is 0.255 e. The number of ketones is 1. The first-order chi connectivity index (χ1) is 9.37. The van der Waals surface area contributed by atoms with Crippen LogP contribution in [0.1, 0.15) is 43.3 Å². The quantitative estimate of drug-likeness (QED) is 0.854. The van der Waals surface area contributed by atoms with E-state index in [1.165, 1.54) is 15.6 Å². The zero-order valence-electron chi connectivity index (χ0n) is 12.0. The van der Waals surface area contributed by atoms with Crippen molar-refractivity contribution in [1.29, 1.82) is 0 Å². The number of aromatic nitrogens is 1. The highest BCUT2D eigenvalue weighted by molar-refractivity contribution is 7.91. The molecule has 2 rings (SSSR count). The zero-order valence-corrected chi connectivity index (χ0v) is 13.7. The average molecular weight is 316 g/mol. The summed E-state index contributed by atoms with van der Waals surface area (Å²) in [5, 5.41) is 0.733. The molecule has 0 aromatic carbocycles. The van der Waals surface area contributed by atoms with Crippen LogP contribution < -0.4 is 0 Å². The third-order valence-corrected chi connectivity index (χ3v) is 7.15. The monoisotopic (exact) mass is 316 g/mol. The van der Waals surface area contributed by atoms with Crippen LogP contribution in [0.2, 0.25) is 0 Å². The number of nitrogens with zero attached hydrogens (tertiary/aromatic N) is 2. The van der Waals surface area contributed by atoms with Crippen LogP contribution in [0, 0.1) is 13.8 Å². The normalized spacial score (nSPS) is 21.1. The number of aryl methyl sites for hydroxylation is 2. The number of Topliss-reactive ketones (excluding diaryl/α,β-unsaturated/α-hetero) is 1. The minimum Gasteiger partial charge on any atom is -0.298 e. The molecule has 1 aliphatic heterocycles. The van der Waals surface area contributed by atoms with Crippen LogP contribution in [0.25, 0.3) is 0 Å². The van der Waals surface area contributed by atoms with Gasteiger partial charge in [0.1, 0.15) is 0 Å². The molecule has 0 radical (unpaired) electrons. The van der Waals surface area contributed by atoms with Crippen molar-refractivity contribution in [2.24, 2.45) is 0 Å². The van der Waals surface area contributed by atoms with Gasteiger partial charge >= 0.3 is 0 Å². The van der Waals surface area contributed by atoms with Gasteiger partial charge in [0.15, 0.2) is 9.99 Å². The Kier molecular flexibility index (Phi) is 4.61. The van der Waals surface area contributed by atoms with E-state index >= 15 is 0 Å². The smallest absolute Gasteiger partial charge is 0.255 e. The standard InChI is InChI=1S/C13H20N2O3S2/c1-4-12(16)11-7-5-6-8-15(11)20(17,18)13-9(2)14-10(3)19-13/h11H,4-8H2,1-3H3. The van der Waals surface area contributed by atoms with E-state index in [9.17, 15) is 13.2 Å². The van der Waals surface area contributed by atoms with Crippen LogP contribution in [-0.2, 0) is 14.8 Å². The number of rotatable bonds is 4. The Morgan fingerprint density at radius 2 is 2.10 bits per heavy atom. The summed E-state index contributed by atoms with van der Waals surface area (Å²) in [6.07, 6.45) is 2.72. The summed E-state index contributed by atoms with van der Waals surface area (Å²) < 4.78 is 27.3. The molecule has 2 heterocycles. The summed E-state index contributed by atoms with van der Waals surface area (Å²) in [7, 11) is -3.61. The van der Waals surface area contributed by atoms with Crippen molar-refractivity contribution in [3.8, 4) is 0 Å². The van der Waals surface area contributed by atoms with Gasteiger partial charge < -0.3 is 0 Å². The lowest BCUT2D eigenvalue weighted by Gasteiger charge is -2.33. The molecule has 1 atom stereocenters. The molecule has 1 saturated heterocycles. The SMILES string of the molecule is CCC(=O)C1CCCCN1S(=O)(=O)c1sc(C)nc1C. The number of thiazole rings is 1. The highest BCUT2D eigenvalue weighted by atomic mass is 32.2. The van der Waals surface area contributed by atoms with E-state index in [1.807, 2.05) is 0 Å². The summed E-state index contributed by atoms with van der Waals surface area (Å²) in [6.45, 7) is 5.71. The van der Waals surface area contributed by atoms with Gasteiger partial charge in [-0.15, -0.1) is 11.3 Å². The summed E-state index contributed by atoms with van der Waals surface area (Å²) in [4.78, 5) is 16.2. The molecule has 1 unspecified atom stereocenters. The highest BCUT2D eigenvalue weighted by Gasteiger charge is 2.38. The predicted molar refractivity (Wildman–Crippen MR) is 78.4 cm³/mol. The first kappa shape index (κ1) is 15.6. The number of hydrogen-bond donors (Lipinski definition) is 0. The van der Waals surface area contributed by atoms with Gasteiger partial charge in [-0.3, -0.25) is 4.79 Å². The Bertz CT molecular complexity index is 607. The van der Waals surface area contributed by atoms with E-state index in [2.05, 4.69) is 4.98 Å². The van der Waals surface area contributed by atoms with Gasteiger partial charge in [0, 0.05) is 13.0 Å². The molecular weight excluding hydrogens is 296 g/mol. The fourth-order valence-electron chi connectivity index (χ4n) is 2.61. The molecule has 1 aromatic rings. The molecule has 1 fully saturated rings. The topological polar surface area (TPSA) is 67.3 Å². The Labute approximate surface area is 124 Å². The summed E-state index contributed by atoms with van der Waals surface area (Å²) in [5.41, 5.74) is 0.528. The third-order valence-electron chi connectivity index (χ3n) is 3.58. The second-order valence-electron chi connectivity index (χ2n) is 5.05. The van der Waals surface area contributed by atoms with Gasteiger partial charge in [0.25, 0.3) is 10.0 Å². The molecule has 1 aliphatic rings. The molecule has 0 bridgehead atoms. The van der Waals surface area contributed by atoms with Crippen LogP contribution in [0.15, 0.2) is 4.21 Å². The molecule has 20 heavy (non-hydrogen) atoms. The van der Waals surface area contributed by atoms with Crippen molar-refractivity contribution in [2.45, 2.75) is 56.7 Å². The summed E-state index contributed by atoms with van der Waals surface area (Å²) >= 11 is 1.18. The molecule has 0 spiro atoms. The van der Waals surface area contributed by atoms with Crippen molar-refractivity contribution >= 4 is 27.1 Å². The maximum absolute atomic E-state index is 12.8. The molecule has 5 nitrogen and oxygen atoms in total. The van der Waals surface area contributed by atoms with Crippen LogP contribution in [0.3, 0.4) is 0 Å². The molecule has 112 valence electrons. The van der Waals surface area contributed by atoms with E-state index in [-0.39, 0.29) is 9.99 Å². The molecule has 0 aliphatic carbocycles. The summed E-state index contributed by atoms with van der Waals surface area (Å²) in [5.74, 6) is 0.00663. The van der Waals surface area contributed by atoms with Gasteiger partial charge in [-0.05, 0) is 26.7 Å². The zero-order chi connectivity index (χ0) is 14.9. The second kappa shape index (κ2) is 5.91. The molecule has 0 N–H and O–H groups in total. The Morgan fingerprint density at radius 1 is 1.40 bits per heavy atom. The van der Waals surface area contributed by atoms with Crippen LogP contribution in [0.4, 0.5) is 0 Å². The fraction of sp³-hybridized carbons (Fsp3) is 0.692. The van der Waals surface area contributed by atoms with Crippen molar-refractivity contribution in [2.75, 3.05) is 6.54 Å². The number of sulfonamides is 1. The number of piperidine rings is 1. The van der Waals surface area contributed by atoms with E-state index < -0.39 is 16.1 Å². The highest BCUT2D eigenvalue weighted by Crippen LogP contribution is 2.31. The van der Waals surface area contributed by atoms with E-state index in [0.29, 0.717) is 25.1 Å². The van der Waals surface area contributed by atoms with E-state index in [4.69, 9.17) is 0 Å². The van der Waals surface area contributed by atoms with Crippen LogP contribution in [0.5, 0.6) is 0 Å². The lowest BCUT2D eigenvalue weighted by atomic mass is 10.00. The largest absolute Gasteiger partial charge is 0.298 e. The van der Waals surface area contributed by atoms with Crippen molar-refractivity contribution < 1.29 is 13.2 Å². The predicted octanol–water partition coefficient (Wildman–Crippen LogP) is 2.28. The number of carbonyl (C=O) groups excluding carboxylic acids is 1. The Balaban J connectivity index is 2.40. The minimum atomic E-state index is -3.61. The molecule has 7 heteroatoms. The van der Waals surface area contributed by atoms with Crippen LogP contribution in [-0.4, -0.2) is 36.1 Å². The van der Waals surface area contributed by atoms with E-state index in [0.717, 1.165) is 17.8 Å². The second-order valence-corrected chi connectivity index (χ2v) is 8.34. The summed E-state index contributed by atoms with van der Waals surface area (Å²) in [6, 6.07) is -0.499. The Hall–Kier alpha value is -0.790. The van der Waals surface area contributed by atoms with Crippen molar-refractivity contribution in [1.82, 2.24) is 9.29 Å².